The summed E-state index contributed by atoms with van der Waals surface area (Å²) in [6.07, 6.45) is 0.746. The number of fused-ring (bicyclic) bond motifs is 1. The van der Waals surface area contributed by atoms with Crippen molar-refractivity contribution in [2.45, 2.75) is 32.9 Å². The van der Waals surface area contributed by atoms with Crippen molar-refractivity contribution < 1.29 is 22.7 Å². The fraction of sp³-hybridized carbons (Fsp3) is 0.500. The number of carbonyl (C=O) groups is 1. The standard InChI is InChI=1S/C16H22N2O5S/c1-4-8-22-15(19)16(2,3)10-23-12-7-5-6-11-9-24(20,21)18-14(17)13(11)12/h5-7H,4,8-10H2,1-3H3,(H2,17,18). The Bertz CT molecular complexity index is 769. The highest BCUT2D eigenvalue weighted by atomic mass is 32.2. The molecule has 2 rings (SSSR count). The average Bonchev–Trinajstić information content (AvgIpc) is 2.48. The van der Waals surface area contributed by atoms with Crippen LogP contribution in [0.2, 0.25) is 0 Å². The molecule has 0 radical (unpaired) electrons. The Labute approximate surface area is 141 Å². The third kappa shape index (κ3) is 4.05. The zero-order valence-electron chi connectivity index (χ0n) is 14.0. The third-order valence-electron chi connectivity index (χ3n) is 3.52. The van der Waals surface area contributed by atoms with Crippen LogP contribution in [0.3, 0.4) is 0 Å². The molecule has 0 unspecified atom stereocenters. The Hall–Kier alpha value is -2.09. The maximum absolute atomic E-state index is 12.1. The highest BCUT2D eigenvalue weighted by molar-refractivity contribution is 7.89. The van der Waals surface area contributed by atoms with Crippen molar-refractivity contribution in [3.05, 3.63) is 29.3 Å². The van der Waals surface area contributed by atoms with Gasteiger partial charge in [-0.15, -0.1) is 4.40 Å². The molecule has 0 aromatic heterocycles. The minimum absolute atomic E-state index is 0.0754. The number of amidine groups is 1. The van der Waals surface area contributed by atoms with Crippen LogP contribution in [0, 0.1) is 5.41 Å². The molecule has 8 heteroatoms. The van der Waals surface area contributed by atoms with Gasteiger partial charge in [0.25, 0.3) is 10.0 Å². The second kappa shape index (κ2) is 6.80. The lowest BCUT2D eigenvalue weighted by molar-refractivity contribution is -0.155. The number of hydrogen-bond acceptors (Lipinski definition) is 6. The van der Waals surface area contributed by atoms with Crippen LogP contribution < -0.4 is 10.5 Å². The molecule has 1 aromatic carbocycles. The lowest BCUT2D eigenvalue weighted by Crippen LogP contribution is -2.33. The molecule has 0 saturated carbocycles. The molecule has 1 aliphatic rings. The van der Waals surface area contributed by atoms with Crippen LogP contribution in [0.5, 0.6) is 5.75 Å². The Morgan fingerprint density at radius 2 is 2.08 bits per heavy atom. The van der Waals surface area contributed by atoms with Gasteiger partial charge in [0.15, 0.2) is 0 Å². The van der Waals surface area contributed by atoms with Gasteiger partial charge in [0.1, 0.15) is 18.2 Å². The summed E-state index contributed by atoms with van der Waals surface area (Å²) in [5.74, 6) is -0.265. The van der Waals surface area contributed by atoms with Crippen LogP contribution in [0.4, 0.5) is 0 Å². The Kier molecular flexibility index (Phi) is 5.17. The molecule has 0 fully saturated rings. The predicted octanol–water partition coefficient (Wildman–Crippen LogP) is 1.59. The number of benzene rings is 1. The summed E-state index contributed by atoms with van der Waals surface area (Å²) in [6.45, 7) is 5.81. The topological polar surface area (TPSA) is 108 Å². The van der Waals surface area contributed by atoms with E-state index in [0.29, 0.717) is 23.5 Å². The Morgan fingerprint density at radius 3 is 2.75 bits per heavy atom. The van der Waals surface area contributed by atoms with Crippen molar-refractivity contribution in [1.29, 1.82) is 0 Å². The van der Waals surface area contributed by atoms with E-state index in [4.69, 9.17) is 15.2 Å². The van der Waals surface area contributed by atoms with Gasteiger partial charge >= 0.3 is 5.97 Å². The van der Waals surface area contributed by atoms with Gasteiger partial charge in [-0.1, -0.05) is 19.1 Å². The van der Waals surface area contributed by atoms with Crippen molar-refractivity contribution in [2.24, 2.45) is 15.5 Å². The molecule has 0 spiro atoms. The fourth-order valence-corrected chi connectivity index (χ4v) is 3.33. The van der Waals surface area contributed by atoms with Crippen LogP contribution in [-0.4, -0.2) is 33.4 Å². The summed E-state index contributed by atoms with van der Waals surface area (Å²) in [4.78, 5) is 12.1. The highest BCUT2D eigenvalue weighted by Gasteiger charge is 2.32. The smallest absolute Gasteiger partial charge is 0.314 e. The van der Waals surface area contributed by atoms with Crippen LogP contribution in [0.1, 0.15) is 38.3 Å². The van der Waals surface area contributed by atoms with Crippen molar-refractivity contribution in [1.82, 2.24) is 0 Å². The number of sulfonamides is 1. The number of esters is 1. The monoisotopic (exact) mass is 354 g/mol. The van der Waals surface area contributed by atoms with E-state index in [-0.39, 0.29) is 24.2 Å². The molecule has 1 heterocycles. The molecule has 0 saturated heterocycles. The second-order valence-corrected chi connectivity index (χ2v) is 7.94. The number of rotatable bonds is 6. The van der Waals surface area contributed by atoms with E-state index >= 15 is 0 Å². The molecular formula is C16H22N2O5S. The van der Waals surface area contributed by atoms with E-state index in [0.717, 1.165) is 6.42 Å². The largest absolute Gasteiger partial charge is 0.492 e. The highest BCUT2D eigenvalue weighted by Crippen LogP contribution is 2.29. The van der Waals surface area contributed by atoms with E-state index in [2.05, 4.69) is 4.40 Å². The number of nitrogens with two attached hydrogens (primary N) is 1. The number of nitrogens with zero attached hydrogens (tertiary/aromatic N) is 1. The zero-order chi connectivity index (χ0) is 18.0. The molecule has 1 aliphatic heterocycles. The van der Waals surface area contributed by atoms with Crippen molar-refractivity contribution in [3.8, 4) is 5.75 Å². The van der Waals surface area contributed by atoms with E-state index in [1.165, 1.54) is 0 Å². The molecular weight excluding hydrogens is 332 g/mol. The first kappa shape index (κ1) is 18.3. The minimum atomic E-state index is -3.60. The normalized spacial score (nSPS) is 16.0. The molecule has 0 bridgehead atoms. The first-order chi connectivity index (χ1) is 11.2. The van der Waals surface area contributed by atoms with Gasteiger partial charge in [0.2, 0.25) is 0 Å². The van der Waals surface area contributed by atoms with Gasteiger partial charge in [-0.2, -0.15) is 0 Å². The zero-order valence-corrected chi connectivity index (χ0v) is 14.9. The first-order valence-electron chi connectivity index (χ1n) is 7.66. The van der Waals surface area contributed by atoms with Gasteiger partial charge in [0, 0.05) is 0 Å². The molecule has 2 N–H and O–H groups in total. The molecule has 24 heavy (non-hydrogen) atoms. The summed E-state index contributed by atoms with van der Waals surface area (Å²) >= 11 is 0. The van der Waals surface area contributed by atoms with Crippen molar-refractivity contribution in [3.63, 3.8) is 0 Å². The van der Waals surface area contributed by atoms with Crippen LogP contribution in [0.25, 0.3) is 0 Å². The number of ether oxygens (including phenoxy) is 2. The van der Waals surface area contributed by atoms with Crippen LogP contribution >= 0.6 is 0 Å². The maximum atomic E-state index is 12.1. The fourth-order valence-electron chi connectivity index (χ4n) is 2.24. The molecule has 0 atom stereocenters. The summed E-state index contributed by atoms with van der Waals surface area (Å²) in [7, 11) is -3.60. The second-order valence-electron chi connectivity index (χ2n) is 6.30. The van der Waals surface area contributed by atoms with Crippen LogP contribution in [-0.2, 0) is 25.3 Å². The molecule has 1 aromatic rings. The van der Waals surface area contributed by atoms with Gasteiger partial charge < -0.3 is 15.2 Å². The maximum Gasteiger partial charge on any atom is 0.314 e. The molecule has 0 amide bonds. The number of carbonyl (C=O) groups excluding carboxylic acids is 1. The molecule has 0 aliphatic carbocycles. The SMILES string of the molecule is CCCOC(=O)C(C)(C)COc1cccc2c1C(N)=NS(=O)(=O)C2. The quantitative estimate of drug-likeness (QED) is 0.777. The van der Waals surface area contributed by atoms with Crippen LogP contribution in [0.15, 0.2) is 22.6 Å². The predicted molar refractivity (Wildman–Crippen MR) is 90.3 cm³/mol. The lowest BCUT2D eigenvalue weighted by Gasteiger charge is -2.24. The van der Waals surface area contributed by atoms with Gasteiger partial charge in [-0.05, 0) is 31.9 Å². The summed E-state index contributed by atoms with van der Waals surface area (Å²) < 4.78 is 37.8. The van der Waals surface area contributed by atoms with Gasteiger partial charge in [-0.25, -0.2) is 8.42 Å². The average molecular weight is 354 g/mol. The summed E-state index contributed by atoms with van der Waals surface area (Å²) in [5.41, 5.74) is 5.94. The first-order valence-corrected chi connectivity index (χ1v) is 9.27. The van der Waals surface area contributed by atoms with E-state index in [1.807, 2.05) is 6.92 Å². The van der Waals surface area contributed by atoms with Crippen molar-refractivity contribution in [2.75, 3.05) is 13.2 Å². The van der Waals surface area contributed by atoms with Gasteiger partial charge in [-0.3, -0.25) is 4.79 Å². The molecule has 7 nitrogen and oxygen atoms in total. The number of hydrogen-bond donors (Lipinski definition) is 1. The third-order valence-corrected chi connectivity index (χ3v) is 4.67. The van der Waals surface area contributed by atoms with E-state index in [1.54, 1.807) is 32.0 Å². The summed E-state index contributed by atoms with van der Waals surface area (Å²) in [6, 6.07) is 5.03. The minimum Gasteiger partial charge on any atom is -0.492 e. The van der Waals surface area contributed by atoms with Gasteiger partial charge in [0.05, 0.1) is 23.3 Å². The Morgan fingerprint density at radius 1 is 1.38 bits per heavy atom. The van der Waals surface area contributed by atoms with Crippen molar-refractivity contribution >= 4 is 21.8 Å². The van der Waals surface area contributed by atoms with E-state index in [9.17, 15) is 13.2 Å². The summed E-state index contributed by atoms with van der Waals surface area (Å²) in [5, 5.41) is 0. The lowest BCUT2D eigenvalue weighted by atomic mass is 9.95. The van der Waals surface area contributed by atoms with E-state index < -0.39 is 15.4 Å². The Balaban J connectivity index is 2.19. The molecule has 132 valence electrons.